The van der Waals surface area contributed by atoms with E-state index in [1.165, 1.54) is 0 Å². The first-order valence-electron chi connectivity index (χ1n) is 8.06. The molecule has 1 aliphatic carbocycles. The molecule has 2 aliphatic heterocycles. The van der Waals surface area contributed by atoms with Gasteiger partial charge in [-0.25, -0.2) is 4.79 Å². The topological polar surface area (TPSA) is 47.6 Å². The number of para-hydroxylation sites is 1. The molecule has 120 valence electrons. The predicted octanol–water partition coefficient (Wildman–Crippen LogP) is 4.08. The van der Waals surface area contributed by atoms with E-state index < -0.39 is 0 Å². The Balaban J connectivity index is 1.62. The highest BCUT2D eigenvalue weighted by atomic mass is 16.6. The number of benzene rings is 1. The van der Waals surface area contributed by atoms with Crippen LogP contribution in [0.15, 0.2) is 30.3 Å². The van der Waals surface area contributed by atoms with Crippen molar-refractivity contribution in [2.75, 3.05) is 18.5 Å². The lowest BCUT2D eigenvalue weighted by molar-refractivity contribution is -0.235. The number of hydrogen-bond donors (Lipinski definition) is 1. The van der Waals surface area contributed by atoms with E-state index in [0.29, 0.717) is 25.0 Å². The van der Waals surface area contributed by atoms with Crippen molar-refractivity contribution < 1.29 is 14.3 Å². The molecular weight excluding hydrogens is 278 g/mol. The second-order valence-electron chi connectivity index (χ2n) is 7.25. The standard InChI is InChI=1S/C18H25NO3/c1-13-9-17(3)10-14(2)18(13,12-22-17)11-21-16(20)19-15-7-5-4-6-8-15/h4-8,13-14H,9-12H2,1-3H3,(H,19,20)/t13-,14-,17?,18?/m1/s1. The third-order valence-corrected chi connectivity index (χ3v) is 5.62. The lowest BCUT2D eigenvalue weighted by Gasteiger charge is -2.58. The summed E-state index contributed by atoms with van der Waals surface area (Å²) in [5, 5.41) is 2.77. The van der Waals surface area contributed by atoms with Crippen molar-refractivity contribution in [2.45, 2.75) is 39.2 Å². The molecule has 2 atom stereocenters. The molecule has 1 N–H and O–H groups in total. The molecule has 1 aromatic carbocycles. The largest absolute Gasteiger partial charge is 0.449 e. The quantitative estimate of drug-likeness (QED) is 0.915. The van der Waals surface area contributed by atoms with Gasteiger partial charge in [-0.15, -0.1) is 0 Å². The molecular formula is C18H25NO3. The van der Waals surface area contributed by atoms with Gasteiger partial charge < -0.3 is 9.47 Å². The summed E-state index contributed by atoms with van der Waals surface area (Å²) < 4.78 is 11.6. The molecule has 22 heavy (non-hydrogen) atoms. The molecule has 0 aromatic heterocycles. The fraction of sp³-hybridized carbons (Fsp3) is 0.611. The number of rotatable bonds is 3. The number of ether oxygens (including phenoxy) is 2. The Labute approximate surface area is 132 Å². The van der Waals surface area contributed by atoms with Gasteiger partial charge in [0.1, 0.15) is 6.61 Å². The van der Waals surface area contributed by atoms with Crippen molar-refractivity contribution in [3.8, 4) is 0 Å². The van der Waals surface area contributed by atoms with Crippen LogP contribution in [0.1, 0.15) is 33.6 Å². The maximum atomic E-state index is 12.0. The maximum absolute atomic E-state index is 12.0. The molecule has 2 saturated heterocycles. The van der Waals surface area contributed by atoms with E-state index in [1.54, 1.807) is 0 Å². The molecule has 1 aromatic rings. The van der Waals surface area contributed by atoms with Crippen molar-refractivity contribution in [3.05, 3.63) is 30.3 Å². The van der Waals surface area contributed by atoms with Crippen LogP contribution < -0.4 is 5.32 Å². The molecule has 2 heterocycles. The van der Waals surface area contributed by atoms with E-state index in [4.69, 9.17) is 9.47 Å². The smallest absolute Gasteiger partial charge is 0.411 e. The second-order valence-corrected chi connectivity index (χ2v) is 7.25. The zero-order valence-electron chi connectivity index (χ0n) is 13.6. The molecule has 0 unspecified atom stereocenters. The highest BCUT2D eigenvalue weighted by Gasteiger charge is 2.56. The summed E-state index contributed by atoms with van der Waals surface area (Å²) in [6, 6.07) is 9.38. The van der Waals surface area contributed by atoms with Gasteiger partial charge in [0.25, 0.3) is 0 Å². The molecule has 0 spiro atoms. The van der Waals surface area contributed by atoms with Crippen LogP contribution in [0.25, 0.3) is 0 Å². The van der Waals surface area contributed by atoms with Crippen molar-refractivity contribution in [3.63, 3.8) is 0 Å². The van der Waals surface area contributed by atoms with Crippen LogP contribution in [0, 0.1) is 17.3 Å². The van der Waals surface area contributed by atoms with Crippen LogP contribution in [0.3, 0.4) is 0 Å². The Bertz CT molecular complexity index is 531. The van der Waals surface area contributed by atoms with E-state index in [0.717, 1.165) is 18.5 Å². The molecule has 1 amide bonds. The molecule has 3 fully saturated rings. The molecule has 4 nitrogen and oxygen atoms in total. The Morgan fingerprint density at radius 1 is 1.27 bits per heavy atom. The van der Waals surface area contributed by atoms with Gasteiger partial charge in [0.05, 0.1) is 12.2 Å². The molecule has 3 aliphatic rings. The summed E-state index contributed by atoms with van der Waals surface area (Å²) in [6.45, 7) is 7.82. The average Bonchev–Trinajstić information content (AvgIpc) is 2.47. The van der Waals surface area contributed by atoms with Crippen molar-refractivity contribution in [1.29, 1.82) is 0 Å². The van der Waals surface area contributed by atoms with E-state index >= 15 is 0 Å². The van der Waals surface area contributed by atoms with Gasteiger partial charge in [0.2, 0.25) is 0 Å². The van der Waals surface area contributed by atoms with Crippen molar-refractivity contribution in [2.24, 2.45) is 17.3 Å². The van der Waals surface area contributed by atoms with Gasteiger partial charge >= 0.3 is 6.09 Å². The first-order chi connectivity index (χ1) is 10.4. The minimum atomic E-state index is -0.390. The highest BCUT2D eigenvalue weighted by Crippen LogP contribution is 2.55. The normalized spacial score (nSPS) is 36.9. The fourth-order valence-electron chi connectivity index (χ4n) is 4.18. The Hall–Kier alpha value is -1.55. The van der Waals surface area contributed by atoms with Gasteiger partial charge in [-0.3, -0.25) is 5.32 Å². The molecule has 2 bridgehead atoms. The average molecular weight is 303 g/mol. The maximum Gasteiger partial charge on any atom is 0.411 e. The van der Waals surface area contributed by atoms with Gasteiger partial charge in [-0.05, 0) is 43.7 Å². The Morgan fingerprint density at radius 2 is 1.91 bits per heavy atom. The third-order valence-electron chi connectivity index (χ3n) is 5.62. The molecule has 4 rings (SSSR count). The first kappa shape index (κ1) is 15.3. The number of fused-ring (bicyclic) bond motifs is 3. The summed E-state index contributed by atoms with van der Waals surface area (Å²) in [5.74, 6) is 0.999. The van der Waals surface area contributed by atoms with Gasteiger partial charge in [-0.1, -0.05) is 32.0 Å². The minimum absolute atomic E-state index is 0.00683. The Morgan fingerprint density at radius 3 is 2.50 bits per heavy atom. The van der Waals surface area contributed by atoms with Crippen LogP contribution in [-0.2, 0) is 9.47 Å². The van der Waals surface area contributed by atoms with Crippen LogP contribution in [0.2, 0.25) is 0 Å². The second kappa shape index (κ2) is 5.58. The van der Waals surface area contributed by atoms with Gasteiger partial charge in [0.15, 0.2) is 0 Å². The van der Waals surface area contributed by atoms with E-state index in [2.05, 4.69) is 26.1 Å². The van der Waals surface area contributed by atoms with Gasteiger partial charge in [0, 0.05) is 11.1 Å². The molecule has 0 radical (unpaired) electrons. The number of anilines is 1. The summed E-state index contributed by atoms with van der Waals surface area (Å²) in [6.07, 6.45) is 1.70. The zero-order chi connectivity index (χ0) is 15.8. The third kappa shape index (κ3) is 2.72. The highest BCUT2D eigenvalue weighted by molar-refractivity contribution is 5.84. The summed E-state index contributed by atoms with van der Waals surface area (Å²) in [5.41, 5.74) is 0.709. The van der Waals surface area contributed by atoms with E-state index in [1.807, 2.05) is 30.3 Å². The summed E-state index contributed by atoms with van der Waals surface area (Å²) in [7, 11) is 0. The lowest BCUT2D eigenvalue weighted by Crippen LogP contribution is -2.60. The number of carbonyl (C=O) groups is 1. The first-order valence-corrected chi connectivity index (χ1v) is 8.06. The fourth-order valence-corrected chi connectivity index (χ4v) is 4.18. The number of amides is 1. The predicted molar refractivity (Wildman–Crippen MR) is 85.8 cm³/mol. The molecule has 4 heteroatoms. The van der Waals surface area contributed by atoms with Crippen molar-refractivity contribution in [1.82, 2.24) is 0 Å². The van der Waals surface area contributed by atoms with Crippen LogP contribution >= 0.6 is 0 Å². The monoisotopic (exact) mass is 303 g/mol. The summed E-state index contributed by atoms with van der Waals surface area (Å²) in [4.78, 5) is 12.0. The van der Waals surface area contributed by atoms with Crippen LogP contribution in [0.5, 0.6) is 0 Å². The zero-order valence-corrected chi connectivity index (χ0v) is 13.6. The van der Waals surface area contributed by atoms with Crippen molar-refractivity contribution >= 4 is 11.8 Å². The molecule has 1 saturated carbocycles. The Kier molecular flexibility index (Phi) is 3.89. The SMILES string of the molecule is C[C@@H]1CC2(C)C[C@@H](C)C1(COC(=O)Nc1ccccc1)CO2. The summed E-state index contributed by atoms with van der Waals surface area (Å²) >= 11 is 0. The lowest BCUT2D eigenvalue weighted by atomic mass is 9.56. The minimum Gasteiger partial charge on any atom is -0.449 e. The van der Waals surface area contributed by atoms with Crippen LogP contribution in [-0.4, -0.2) is 24.9 Å². The van der Waals surface area contributed by atoms with E-state index in [9.17, 15) is 4.79 Å². The number of hydrogen-bond acceptors (Lipinski definition) is 3. The number of nitrogens with one attached hydrogen (secondary N) is 1. The van der Waals surface area contributed by atoms with E-state index in [-0.39, 0.29) is 17.1 Å². The van der Waals surface area contributed by atoms with Gasteiger partial charge in [-0.2, -0.15) is 0 Å². The number of carbonyl (C=O) groups excluding carboxylic acids is 1. The van der Waals surface area contributed by atoms with Crippen LogP contribution in [0.4, 0.5) is 10.5 Å².